The molecule has 0 aliphatic rings. The van der Waals surface area contributed by atoms with Crippen molar-refractivity contribution in [2.45, 2.75) is 32.9 Å². The molecule has 0 radical (unpaired) electrons. The average molecular weight is 358 g/mol. The highest BCUT2D eigenvalue weighted by atomic mass is 19.4. The molecule has 3 heterocycles. The third-order valence-corrected chi connectivity index (χ3v) is 4.51. The van der Waals surface area contributed by atoms with Crippen molar-refractivity contribution in [3.05, 3.63) is 59.5 Å². The largest absolute Gasteiger partial charge is 0.420 e. The first-order valence-corrected chi connectivity index (χ1v) is 8.31. The van der Waals surface area contributed by atoms with Crippen LogP contribution < -0.4 is 0 Å². The Labute approximate surface area is 147 Å². The number of para-hydroxylation sites is 1. The number of aryl methyl sites for hydroxylation is 1. The predicted octanol–water partition coefficient (Wildman–Crippen LogP) is 5.12. The maximum absolute atomic E-state index is 13.9. The Morgan fingerprint density at radius 1 is 1.04 bits per heavy atom. The second-order valence-electron chi connectivity index (χ2n) is 6.67. The zero-order valence-electron chi connectivity index (χ0n) is 14.5. The van der Waals surface area contributed by atoms with Crippen LogP contribution in [0.5, 0.6) is 0 Å². The maximum Gasteiger partial charge on any atom is 0.420 e. The molecule has 1 aromatic carbocycles. The van der Waals surface area contributed by atoms with Gasteiger partial charge in [-0.15, -0.1) is 0 Å². The third kappa shape index (κ3) is 2.38. The summed E-state index contributed by atoms with van der Waals surface area (Å²) in [5.41, 5.74) is 1.47. The van der Waals surface area contributed by atoms with E-state index in [1.54, 1.807) is 43.1 Å². The highest BCUT2D eigenvalue weighted by Crippen LogP contribution is 2.40. The topological polar surface area (TPSA) is 35.1 Å². The first kappa shape index (κ1) is 16.6. The lowest BCUT2D eigenvalue weighted by Crippen LogP contribution is -2.10. The van der Waals surface area contributed by atoms with E-state index >= 15 is 0 Å². The molecule has 0 saturated heterocycles. The van der Waals surface area contributed by atoms with Crippen LogP contribution in [0.25, 0.3) is 22.1 Å². The lowest BCUT2D eigenvalue weighted by Gasteiger charge is -2.12. The molecule has 26 heavy (non-hydrogen) atoms. The normalized spacial score (nSPS) is 12.6. The molecule has 4 aromatic rings. The highest BCUT2D eigenvalue weighted by Gasteiger charge is 2.40. The van der Waals surface area contributed by atoms with Crippen molar-refractivity contribution in [3.8, 4) is 5.69 Å². The molecule has 4 rings (SSSR count). The number of benzene rings is 1. The minimum absolute atomic E-state index is 0.0250. The van der Waals surface area contributed by atoms with Gasteiger partial charge in [-0.3, -0.25) is 0 Å². The standard InChI is InChI=1S/C19H17F3N4/c1-11(2)16-15(19(20,21)22)18-14(8-5-9-25(18)24-16)26-17-12(3)6-4-7-13(17)10-23-26/h4-11H,1-3H3. The number of nitrogens with zero attached hydrogens (tertiary/aromatic N) is 4. The molecule has 0 aliphatic carbocycles. The van der Waals surface area contributed by atoms with Crippen LogP contribution in [0.4, 0.5) is 13.2 Å². The molecule has 0 aliphatic heterocycles. The fourth-order valence-electron chi connectivity index (χ4n) is 3.39. The van der Waals surface area contributed by atoms with Gasteiger partial charge in [0.2, 0.25) is 0 Å². The fourth-order valence-corrected chi connectivity index (χ4v) is 3.39. The molecular formula is C19H17F3N4. The minimum atomic E-state index is -4.50. The van der Waals surface area contributed by atoms with Crippen LogP contribution >= 0.6 is 0 Å². The summed E-state index contributed by atoms with van der Waals surface area (Å²) in [7, 11) is 0. The third-order valence-electron chi connectivity index (χ3n) is 4.51. The summed E-state index contributed by atoms with van der Waals surface area (Å²) in [6, 6.07) is 9.05. The Balaban J connectivity index is 2.14. The molecule has 0 fully saturated rings. The highest BCUT2D eigenvalue weighted by molar-refractivity contribution is 5.85. The quantitative estimate of drug-likeness (QED) is 0.498. The molecule has 0 N–H and O–H groups in total. The molecule has 7 heteroatoms. The summed E-state index contributed by atoms with van der Waals surface area (Å²) < 4.78 is 44.6. The lowest BCUT2D eigenvalue weighted by molar-refractivity contribution is -0.137. The summed E-state index contributed by atoms with van der Waals surface area (Å²) in [6.07, 6.45) is -1.30. The fraction of sp³-hybridized carbons (Fsp3) is 0.263. The summed E-state index contributed by atoms with van der Waals surface area (Å²) in [6.45, 7) is 5.34. The molecule has 134 valence electrons. The van der Waals surface area contributed by atoms with E-state index < -0.39 is 11.7 Å². The van der Waals surface area contributed by atoms with Crippen LogP contribution in [0.2, 0.25) is 0 Å². The molecule has 0 amide bonds. The van der Waals surface area contributed by atoms with E-state index in [1.807, 2.05) is 25.1 Å². The van der Waals surface area contributed by atoms with Crippen molar-refractivity contribution in [2.75, 3.05) is 0 Å². The van der Waals surface area contributed by atoms with Gasteiger partial charge >= 0.3 is 6.18 Å². The number of hydrogen-bond donors (Lipinski definition) is 0. The molecule has 3 aromatic heterocycles. The van der Waals surface area contributed by atoms with Crippen LogP contribution in [-0.2, 0) is 6.18 Å². The number of hydrogen-bond acceptors (Lipinski definition) is 2. The number of aromatic nitrogens is 4. The van der Waals surface area contributed by atoms with E-state index in [1.165, 1.54) is 4.52 Å². The number of halogens is 3. The van der Waals surface area contributed by atoms with Crippen LogP contribution in [0.15, 0.2) is 42.7 Å². The van der Waals surface area contributed by atoms with Crippen molar-refractivity contribution in [1.29, 1.82) is 0 Å². The Kier molecular flexibility index (Phi) is 3.57. The van der Waals surface area contributed by atoms with Gasteiger partial charge in [-0.25, -0.2) is 9.20 Å². The Hall–Kier alpha value is -2.83. The van der Waals surface area contributed by atoms with E-state index in [0.717, 1.165) is 16.5 Å². The molecule has 0 saturated carbocycles. The van der Waals surface area contributed by atoms with Gasteiger partial charge in [-0.2, -0.15) is 23.4 Å². The van der Waals surface area contributed by atoms with Gasteiger partial charge in [0.15, 0.2) is 0 Å². The number of fused-ring (bicyclic) bond motifs is 2. The van der Waals surface area contributed by atoms with Crippen molar-refractivity contribution < 1.29 is 13.2 Å². The van der Waals surface area contributed by atoms with E-state index in [9.17, 15) is 13.2 Å². The van der Waals surface area contributed by atoms with Gasteiger partial charge in [0.25, 0.3) is 0 Å². The lowest BCUT2D eigenvalue weighted by atomic mass is 10.0. The van der Waals surface area contributed by atoms with Gasteiger partial charge in [0.1, 0.15) is 11.1 Å². The zero-order valence-corrected chi connectivity index (χ0v) is 14.5. The smallest absolute Gasteiger partial charge is 0.238 e. The molecule has 4 nitrogen and oxygen atoms in total. The second kappa shape index (κ2) is 5.59. The van der Waals surface area contributed by atoms with E-state index in [2.05, 4.69) is 10.2 Å². The molecular weight excluding hydrogens is 341 g/mol. The predicted molar refractivity (Wildman–Crippen MR) is 93.6 cm³/mol. The molecule has 0 spiro atoms. The Morgan fingerprint density at radius 3 is 2.50 bits per heavy atom. The summed E-state index contributed by atoms with van der Waals surface area (Å²) >= 11 is 0. The SMILES string of the molecule is Cc1cccc2cnn(-c3cccn4nc(C(C)C)c(C(F)(F)F)c34)c12. The summed E-state index contributed by atoms with van der Waals surface area (Å²) in [5.74, 6) is -0.351. The summed E-state index contributed by atoms with van der Waals surface area (Å²) in [5, 5.41) is 9.45. The number of pyridine rings is 1. The van der Waals surface area contributed by atoms with Gasteiger partial charge in [-0.05, 0) is 30.5 Å². The monoisotopic (exact) mass is 358 g/mol. The Bertz CT molecular complexity index is 1120. The average Bonchev–Trinajstić information content (AvgIpc) is 3.16. The molecule has 0 atom stereocenters. The number of alkyl halides is 3. The van der Waals surface area contributed by atoms with Crippen molar-refractivity contribution >= 4 is 16.4 Å². The first-order chi connectivity index (χ1) is 12.3. The van der Waals surface area contributed by atoms with Crippen LogP contribution in [-0.4, -0.2) is 19.4 Å². The Morgan fingerprint density at radius 2 is 1.81 bits per heavy atom. The molecule has 0 unspecified atom stereocenters. The first-order valence-electron chi connectivity index (χ1n) is 8.31. The van der Waals surface area contributed by atoms with Gasteiger partial charge < -0.3 is 0 Å². The molecule has 0 bridgehead atoms. The van der Waals surface area contributed by atoms with Gasteiger partial charge in [-0.1, -0.05) is 32.0 Å². The van der Waals surface area contributed by atoms with Crippen molar-refractivity contribution in [3.63, 3.8) is 0 Å². The van der Waals surface area contributed by atoms with Crippen LogP contribution in [0.3, 0.4) is 0 Å². The van der Waals surface area contributed by atoms with Crippen LogP contribution in [0.1, 0.15) is 36.6 Å². The second-order valence-corrected chi connectivity index (χ2v) is 6.67. The van der Waals surface area contributed by atoms with Crippen molar-refractivity contribution in [2.24, 2.45) is 0 Å². The van der Waals surface area contributed by atoms with Crippen molar-refractivity contribution in [1.82, 2.24) is 19.4 Å². The van der Waals surface area contributed by atoms with E-state index in [-0.39, 0.29) is 17.1 Å². The zero-order chi connectivity index (χ0) is 18.6. The van der Waals surface area contributed by atoms with Gasteiger partial charge in [0, 0.05) is 11.6 Å². The number of rotatable bonds is 2. The van der Waals surface area contributed by atoms with Gasteiger partial charge in [0.05, 0.1) is 23.1 Å². The van der Waals surface area contributed by atoms with E-state index in [4.69, 9.17) is 0 Å². The van der Waals surface area contributed by atoms with E-state index in [0.29, 0.717) is 5.69 Å². The van der Waals surface area contributed by atoms with Crippen LogP contribution in [0, 0.1) is 6.92 Å². The maximum atomic E-state index is 13.9. The minimum Gasteiger partial charge on any atom is -0.238 e. The summed E-state index contributed by atoms with van der Waals surface area (Å²) in [4.78, 5) is 0.